The van der Waals surface area contributed by atoms with Crippen molar-refractivity contribution in [3.05, 3.63) is 46.5 Å². The molecule has 0 aliphatic carbocycles. The monoisotopic (exact) mass is 256 g/mol. The van der Waals surface area contributed by atoms with Crippen LogP contribution in [0, 0.1) is 13.8 Å². The summed E-state index contributed by atoms with van der Waals surface area (Å²) in [6, 6.07) is 8.41. The summed E-state index contributed by atoms with van der Waals surface area (Å²) in [5.74, 6) is 0. The van der Waals surface area contributed by atoms with Gasteiger partial charge >= 0.3 is 0 Å². The second-order valence-electron chi connectivity index (χ2n) is 4.86. The third kappa shape index (κ3) is 1.66. The Bertz CT molecular complexity index is 647. The van der Waals surface area contributed by atoms with Crippen LogP contribution in [-0.4, -0.2) is 0 Å². The zero-order chi connectivity index (χ0) is 12.9. The molecule has 0 radical (unpaired) electrons. The van der Waals surface area contributed by atoms with Crippen LogP contribution in [0.1, 0.15) is 22.3 Å². The molecular formula is C15H16N2S. The van der Waals surface area contributed by atoms with E-state index < -0.39 is 0 Å². The Morgan fingerprint density at radius 1 is 1.00 bits per heavy atom. The van der Waals surface area contributed by atoms with E-state index in [9.17, 15) is 0 Å². The van der Waals surface area contributed by atoms with Gasteiger partial charge in [-0.1, -0.05) is 17.8 Å². The van der Waals surface area contributed by atoms with Crippen LogP contribution in [0.15, 0.2) is 34.1 Å². The molecule has 0 amide bonds. The standard InChI is InChI=1S/C15H16N2S/c1-8-5-14-11(7-13(8)17)6-10-3-4-12(16)9(2)15(10)18-14/h3-5,7H,6,16-17H2,1-2H3. The minimum Gasteiger partial charge on any atom is -0.399 e. The fraction of sp³-hybridized carbons (Fsp3) is 0.200. The Morgan fingerprint density at radius 3 is 2.56 bits per heavy atom. The molecule has 3 rings (SSSR count). The van der Waals surface area contributed by atoms with Crippen LogP contribution in [0.2, 0.25) is 0 Å². The van der Waals surface area contributed by atoms with Crippen LogP contribution in [0.4, 0.5) is 11.4 Å². The van der Waals surface area contributed by atoms with E-state index in [-0.39, 0.29) is 0 Å². The van der Waals surface area contributed by atoms with Crippen molar-refractivity contribution in [2.24, 2.45) is 0 Å². The number of hydrogen-bond acceptors (Lipinski definition) is 3. The fourth-order valence-corrected chi connectivity index (χ4v) is 3.60. The second-order valence-corrected chi connectivity index (χ2v) is 5.92. The lowest BCUT2D eigenvalue weighted by molar-refractivity contribution is 1.03. The molecule has 3 heteroatoms. The first-order valence-electron chi connectivity index (χ1n) is 6.01. The van der Waals surface area contributed by atoms with Crippen LogP contribution < -0.4 is 11.5 Å². The first-order valence-corrected chi connectivity index (χ1v) is 6.82. The Morgan fingerprint density at radius 2 is 1.78 bits per heavy atom. The third-order valence-corrected chi connectivity index (χ3v) is 4.94. The summed E-state index contributed by atoms with van der Waals surface area (Å²) in [6.45, 7) is 4.15. The molecule has 0 saturated heterocycles. The first kappa shape index (κ1) is 11.5. The highest BCUT2D eigenvalue weighted by atomic mass is 32.2. The number of fused-ring (bicyclic) bond motifs is 2. The van der Waals surface area contributed by atoms with Gasteiger partial charge in [0.1, 0.15) is 0 Å². The maximum absolute atomic E-state index is 5.99. The summed E-state index contributed by atoms with van der Waals surface area (Å²) < 4.78 is 0. The summed E-state index contributed by atoms with van der Waals surface area (Å²) in [5.41, 5.74) is 18.7. The largest absolute Gasteiger partial charge is 0.399 e. The molecule has 1 heterocycles. The quantitative estimate of drug-likeness (QED) is 0.605. The zero-order valence-corrected chi connectivity index (χ0v) is 11.4. The molecule has 92 valence electrons. The molecule has 0 fully saturated rings. The van der Waals surface area contributed by atoms with E-state index in [1.165, 1.54) is 26.5 Å². The second kappa shape index (κ2) is 3.95. The van der Waals surface area contributed by atoms with Crippen molar-refractivity contribution < 1.29 is 0 Å². The number of nitrogens with two attached hydrogens (primary N) is 2. The fourth-order valence-electron chi connectivity index (χ4n) is 2.34. The van der Waals surface area contributed by atoms with E-state index in [0.717, 1.165) is 23.4 Å². The number of hydrogen-bond donors (Lipinski definition) is 2. The van der Waals surface area contributed by atoms with Crippen molar-refractivity contribution in [1.29, 1.82) is 0 Å². The van der Waals surface area contributed by atoms with Gasteiger partial charge in [0.2, 0.25) is 0 Å². The number of aryl methyl sites for hydroxylation is 1. The molecular weight excluding hydrogens is 240 g/mol. The van der Waals surface area contributed by atoms with Gasteiger partial charge in [0, 0.05) is 21.2 Å². The highest BCUT2D eigenvalue weighted by Crippen LogP contribution is 2.43. The van der Waals surface area contributed by atoms with E-state index in [1.807, 2.05) is 17.8 Å². The van der Waals surface area contributed by atoms with Crippen molar-refractivity contribution in [2.45, 2.75) is 30.1 Å². The maximum atomic E-state index is 5.99. The molecule has 1 aliphatic heterocycles. The van der Waals surface area contributed by atoms with Gasteiger partial charge in [0.25, 0.3) is 0 Å². The van der Waals surface area contributed by atoms with Crippen molar-refractivity contribution in [3.63, 3.8) is 0 Å². The normalized spacial score (nSPS) is 13.0. The van der Waals surface area contributed by atoms with E-state index in [2.05, 4.69) is 32.0 Å². The van der Waals surface area contributed by atoms with Crippen LogP contribution in [0.5, 0.6) is 0 Å². The van der Waals surface area contributed by atoms with E-state index in [4.69, 9.17) is 11.5 Å². The van der Waals surface area contributed by atoms with Crippen LogP contribution in [0.3, 0.4) is 0 Å². The Labute approximate surface area is 111 Å². The van der Waals surface area contributed by atoms with Gasteiger partial charge in [0.15, 0.2) is 0 Å². The van der Waals surface area contributed by atoms with Crippen LogP contribution >= 0.6 is 11.8 Å². The zero-order valence-electron chi connectivity index (χ0n) is 10.6. The lowest BCUT2D eigenvalue weighted by Crippen LogP contribution is -2.05. The SMILES string of the molecule is Cc1cc2c(cc1N)Cc1ccc(N)c(C)c1S2. The van der Waals surface area contributed by atoms with Gasteiger partial charge in [0.05, 0.1) is 0 Å². The molecule has 0 saturated carbocycles. The lowest BCUT2D eigenvalue weighted by atomic mass is 9.99. The van der Waals surface area contributed by atoms with Gasteiger partial charge < -0.3 is 11.5 Å². The van der Waals surface area contributed by atoms with Gasteiger partial charge in [-0.05, 0) is 60.7 Å². The number of anilines is 2. The lowest BCUT2D eigenvalue weighted by Gasteiger charge is -2.22. The molecule has 4 N–H and O–H groups in total. The Balaban J connectivity index is 2.15. The van der Waals surface area contributed by atoms with Gasteiger partial charge in [-0.25, -0.2) is 0 Å². The summed E-state index contributed by atoms with van der Waals surface area (Å²) in [4.78, 5) is 2.62. The minimum absolute atomic E-state index is 0.872. The number of benzene rings is 2. The van der Waals surface area contributed by atoms with E-state index in [1.54, 1.807) is 0 Å². The maximum Gasteiger partial charge on any atom is 0.0355 e. The van der Waals surface area contributed by atoms with Crippen molar-refractivity contribution in [2.75, 3.05) is 11.5 Å². The number of nitrogen functional groups attached to an aromatic ring is 2. The molecule has 2 nitrogen and oxygen atoms in total. The highest BCUT2D eigenvalue weighted by Gasteiger charge is 2.19. The molecule has 18 heavy (non-hydrogen) atoms. The summed E-state index contributed by atoms with van der Waals surface area (Å²) in [6.07, 6.45) is 0.948. The van der Waals surface area contributed by atoms with Crippen LogP contribution in [0.25, 0.3) is 0 Å². The topological polar surface area (TPSA) is 52.0 Å². The molecule has 2 aromatic carbocycles. The molecule has 1 aliphatic rings. The number of rotatable bonds is 0. The Hall–Kier alpha value is -1.61. The predicted molar refractivity (Wildman–Crippen MR) is 78.1 cm³/mol. The van der Waals surface area contributed by atoms with Crippen LogP contribution in [-0.2, 0) is 6.42 Å². The third-order valence-electron chi connectivity index (χ3n) is 3.57. The smallest absolute Gasteiger partial charge is 0.0355 e. The van der Waals surface area contributed by atoms with Gasteiger partial charge in [-0.15, -0.1) is 0 Å². The van der Waals surface area contributed by atoms with E-state index >= 15 is 0 Å². The molecule has 0 spiro atoms. The average molecular weight is 256 g/mol. The Kier molecular flexibility index (Phi) is 2.52. The first-order chi connectivity index (χ1) is 8.56. The molecule has 2 aromatic rings. The average Bonchev–Trinajstić information content (AvgIpc) is 2.34. The van der Waals surface area contributed by atoms with Crippen molar-refractivity contribution >= 4 is 23.1 Å². The molecule has 0 bridgehead atoms. The predicted octanol–water partition coefficient (Wildman–Crippen LogP) is 3.52. The molecule has 0 aromatic heterocycles. The molecule has 0 atom stereocenters. The summed E-state index contributed by atoms with van der Waals surface area (Å²) in [7, 11) is 0. The van der Waals surface area contributed by atoms with Gasteiger partial charge in [-0.2, -0.15) is 0 Å². The summed E-state index contributed by atoms with van der Waals surface area (Å²) >= 11 is 1.81. The highest BCUT2D eigenvalue weighted by molar-refractivity contribution is 7.99. The van der Waals surface area contributed by atoms with E-state index in [0.29, 0.717) is 0 Å². The molecule has 0 unspecified atom stereocenters. The summed E-state index contributed by atoms with van der Waals surface area (Å²) in [5, 5.41) is 0. The van der Waals surface area contributed by atoms with Crippen molar-refractivity contribution in [3.8, 4) is 0 Å². The van der Waals surface area contributed by atoms with Gasteiger partial charge in [-0.3, -0.25) is 0 Å². The van der Waals surface area contributed by atoms with Crippen molar-refractivity contribution in [1.82, 2.24) is 0 Å². The minimum atomic E-state index is 0.872.